The molecule has 1 aromatic rings. The first-order valence-electron chi connectivity index (χ1n) is 5.58. The molecule has 15 heavy (non-hydrogen) atoms. The molecule has 0 radical (unpaired) electrons. The van der Waals surface area contributed by atoms with Gasteiger partial charge in [-0.25, -0.2) is 9.97 Å². The molecule has 0 unspecified atom stereocenters. The summed E-state index contributed by atoms with van der Waals surface area (Å²) < 4.78 is 0. The lowest BCUT2D eigenvalue weighted by molar-refractivity contribution is 0.747. The molecule has 0 spiro atoms. The average molecular weight is 226 g/mol. The smallest absolute Gasteiger partial charge is 0.134 e. The van der Waals surface area contributed by atoms with Crippen LogP contribution in [-0.2, 0) is 6.42 Å². The first-order valence-corrected chi connectivity index (χ1v) is 5.95. The van der Waals surface area contributed by atoms with Crippen molar-refractivity contribution >= 4 is 17.4 Å². The molecule has 0 aliphatic heterocycles. The monoisotopic (exact) mass is 225 g/mol. The summed E-state index contributed by atoms with van der Waals surface area (Å²) in [6.07, 6.45) is 5.93. The van der Waals surface area contributed by atoms with E-state index in [1.165, 1.54) is 25.7 Å². The minimum atomic E-state index is 0.530. The molecular formula is C11H16ClN3. The number of nitrogens with zero attached hydrogens (tertiary/aromatic N) is 2. The Morgan fingerprint density at radius 2 is 2.13 bits per heavy atom. The molecule has 3 nitrogen and oxygen atoms in total. The van der Waals surface area contributed by atoms with Gasteiger partial charge in [-0.15, -0.1) is 0 Å². The molecule has 82 valence electrons. The van der Waals surface area contributed by atoms with E-state index in [2.05, 4.69) is 15.3 Å². The zero-order chi connectivity index (χ0) is 10.7. The third-order valence-electron chi connectivity index (χ3n) is 2.76. The Labute approximate surface area is 95.3 Å². The quantitative estimate of drug-likeness (QED) is 0.804. The van der Waals surface area contributed by atoms with Crippen LogP contribution in [0.4, 0.5) is 5.82 Å². The van der Waals surface area contributed by atoms with Crippen molar-refractivity contribution in [3.63, 3.8) is 0 Å². The maximum Gasteiger partial charge on any atom is 0.134 e. The van der Waals surface area contributed by atoms with E-state index in [0.29, 0.717) is 11.2 Å². The average Bonchev–Trinajstić information content (AvgIpc) is 2.69. The highest BCUT2D eigenvalue weighted by Gasteiger charge is 2.15. The molecule has 1 N–H and O–H groups in total. The summed E-state index contributed by atoms with van der Waals surface area (Å²) in [7, 11) is 0. The van der Waals surface area contributed by atoms with Crippen molar-refractivity contribution in [3.8, 4) is 0 Å². The van der Waals surface area contributed by atoms with Crippen molar-refractivity contribution in [1.29, 1.82) is 0 Å². The topological polar surface area (TPSA) is 37.8 Å². The Kier molecular flexibility index (Phi) is 3.41. The molecule has 2 rings (SSSR count). The molecule has 0 saturated heterocycles. The van der Waals surface area contributed by atoms with Crippen LogP contribution in [0, 0.1) is 0 Å². The fourth-order valence-electron chi connectivity index (χ4n) is 1.98. The largest absolute Gasteiger partial charge is 0.367 e. The molecule has 0 amide bonds. The van der Waals surface area contributed by atoms with Crippen LogP contribution in [0.15, 0.2) is 6.07 Å². The van der Waals surface area contributed by atoms with Crippen LogP contribution in [-0.4, -0.2) is 16.0 Å². The Hall–Kier alpha value is -0.830. The molecule has 0 aromatic carbocycles. The second-order valence-corrected chi connectivity index (χ2v) is 4.36. The van der Waals surface area contributed by atoms with E-state index in [4.69, 9.17) is 11.6 Å². The van der Waals surface area contributed by atoms with Gasteiger partial charge in [0.05, 0.1) is 0 Å². The van der Waals surface area contributed by atoms with Gasteiger partial charge in [-0.3, -0.25) is 0 Å². The summed E-state index contributed by atoms with van der Waals surface area (Å²) in [6.45, 7) is 2.03. The number of anilines is 1. The van der Waals surface area contributed by atoms with Gasteiger partial charge in [0.15, 0.2) is 0 Å². The van der Waals surface area contributed by atoms with Gasteiger partial charge in [-0.05, 0) is 12.8 Å². The van der Waals surface area contributed by atoms with E-state index in [1.807, 2.05) is 6.92 Å². The molecule has 1 saturated carbocycles. The number of rotatable bonds is 3. The van der Waals surface area contributed by atoms with Crippen LogP contribution >= 0.6 is 11.6 Å². The van der Waals surface area contributed by atoms with Crippen LogP contribution < -0.4 is 5.32 Å². The van der Waals surface area contributed by atoms with E-state index < -0.39 is 0 Å². The van der Waals surface area contributed by atoms with Gasteiger partial charge in [-0.2, -0.15) is 0 Å². The molecule has 1 aliphatic rings. The third-order valence-corrected chi connectivity index (χ3v) is 2.96. The van der Waals surface area contributed by atoms with Crippen molar-refractivity contribution < 1.29 is 0 Å². The third kappa shape index (κ3) is 2.81. The van der Waals surface area contributed by atoms with Gasteiger partial charge in [0.1, 0.15) is 16.8 Å². The summed E-state index contributed by atoms with van der Waals surface area (Å²) in [5.74, 6) is 1.68. The van der Waals surface area contributed by atoms with E-state index >= 15 is 0 Å². The number of hydrogen-bond donors (Lipinski definition) is 1. The van der Waals surface area contributed by atoms with Gasteiger partial charge in [0, 0.05) is 18.5 Å². The standard InChI is InChI=1S/C11H16ClN3/c1-2-10-14-9(12)7-11(15-10)13-8-5-3-4-6-8/h7-8H,2-6H2,1H3,(H,13,14,15). The lowest BCUT2D eigenvalue weighted by atomic mass is 10.2. The molecule has 1 aliphatic carbocycles. The van der Waals surface area contributed by atoms with Gasteiger partial charge in [0.25, 0.3) is 0 Å². The molecule has 0 atom stereocenters. The maximum absolute atomic E-state index is 5.92. The number of aromatic nitrogens is 2. The van der Waals surface area contributed by atoms with Crippen molar-refractivity contribution in [3.05, 3.63) is 17.0 Å². The lowest BCUT2D eigenvalue weighted by Gasteiger charge is -2.13. The van der Waals surface area contributed by atoms with Gasteiger partial charge < -0.3 is 5.32 Å². The van der Waals surface area contributed by atoms with E-state index in [-0.39, 0.29) is 0 Å². The predicted molar refractivity (Wildman–Crippen MR) is 62.3 cm³/mol. The SMILES string of the molecule is CCc1nc(Cl)cc(NC2CCCC2)n1. The van der Waals surface area contributed by atoms with Gasteiger partial charge >= 0.3 is 0 Å². The van der Waals surface area contributed by atoms with E-state index in [1.54, 1.807) is 6.07 Å². The fraction of sp³-hybridized carbons (Fsp3) is 0.636. The minimum Gasteiger partial charge on any atom is -0.367 e. The molecule has 0 bridgehead atoms. The van der Waals surface area contributed by atoms with Crippen molar-refractivity contribution in [2.24, 2.45) is 0 Å². The fourth-order valence-corrected chi connectivity index (χ4v) is 2.18. The number of hydrogen-bond acceptors (Lipinski definition) is 3. The highest BCUT2D eigenvalue weighted by atomic mass is 35.5. The van der Waals surface area contributed by atoms with E-state index in [0.717, 1.165) is 18.1 Å². The Bertz CT molecular complexity index is 335. The van der Waals surface area contributed by atoms with Crippen molar-refractivity contribution in [2.45, 2.75) is 45.1 Å². The van der Waals surface area contributed by atoms with Gasteiger partial charge in [-0.1, -0.05) is 31.4 Å². The highest BCUT2D eigenvalue weighted by molar-refractivity contribution is 6.29. The summed E-state index contributed by atoms with van der Waals surface area (Å²) in [5, 5.41) is 3.95. The second kappa shape index (κ2) is 4.79. The van der Waals surface area contributed by atoms with Crippen LogP contribution in [0.25, 0.3) is 0 Å². The van der Waals surface area contributed by atoms with Crippen LogP contribution in [0.5, 0.6) is 0 Å². The molecule has 4 heteroatoms. The Morgan fingerprint density at radius 1 is 1.40 bits per heavy atom. The molecule has 1 fully saturated rings. The lowest BCUT2D eigenvalue weighted by Crippen LogP contribution is -2.16. The predicted octanol–water partition coefficient (Wildman–Crippen LogP) is 3.05. The molecule has 1 heterocycles. The van der Waals surface area contributed by atoms with Gasteiger partial charge in [0.2, 0.25) is 0 Å². The molecular weight excluding hydrogens is 210 g/mol. The van der Waals surface area contributed by atoms with Crippen molar-refractivity contribution in [2.75, 3.05) is 5.32 Å². The number of aryl methyl sites for hydroxylation is 1. The van der Waals surface area contributed by atoms with Crippen LogP contribution in [0.1, 0.15) is 38.4 Å². The first kappa shape index (κ1) is 10.7. The summed E-state index contributed by atoms with van der Waals surface area (Å²) in [6, 6.07) is 2.37. The first-order chi connectivity index (χ1) is 7.28. The zero-order valence-electron chi connectivity index (χ0n) is 8.96. The Morgan fingerprint density at radius 3 is 2.80 bits per heavy atom. The second-order valence-electron chi connectivity index (χ2n) is 3.97. The highest BCUT2D eigenvalue weighted by Crippen LogP contribution is 2.22. The summed E-state index contributed by atoms with van der Waals surface area (Å²) in [4.78, 5) is 8.55. The number of nitrogens with one attached hydrogen (secondary N) is 1. The maximum atomic E-state index is 5.92. The summed E-state index contributed by atoms with van der Waals surface area (Å²) in [5.41, 5.74) is 0. The minimum absolute atomic E-state index is 0.530. The van der Waals surface area contributed by atoms with E-state index in [9.17, 15) is 0 Å². The Balaban J connectivity index is 2.09. The van der Waals surface area contributed by atoms with Crippen LogP contribution in [0.2, 0.25) is 5.15 Å². The number of halogens is 1. The summed E-state index contributed by atoms with van der Waals surface area (Å²) >= 11 is 5.92. The van der Waals surface area contributed by atoms with Crippen molar-refractivity contribution in [1.82, 2.24) is 9.97 Å². The van der Waals surface area contributed by atoms with Crippen LogP contribution in [0.3, 0.4) is 0 Å². The normalized spacial score (nSPS) is 16.9. The zero-order valence-corrected chi connectivity index (χ0v) is 9.72. The molecule has 1 aromatic heterocycles.